The van der Waals surface area contributed by atoms with Crippen LogP contribution in [0.5, 0.6) is 0 Å². The number of amides is 1. The molecule has 16 heavy (non-hydrogen) atoms. The van der Waals surface area contributed by atoms with Crippen LogP contribution in [0.25, 0.3) is 0 Å². The maximum atomic E-state index is 11.8. The molecule has 6 heteroatoms. The van der Waals surface area contributed by atoms with E-state index in [0.717, 1.165) is 12.8 Å². The van der Waals surface area contributed by atoms with Crippen LogP contribution in [0, 0.1) is 0 Å². The van der Waals surface area contributed by atoms with Gasteiger partial charge in [-0.25, -0.2) is 13.1 Å². The van der Waals surface area contributed by atoms with Crippen LogP contribution >= 0.6 is 0 Å². The summed E-state index contributed by atoms with van der Waals surface area (Å²) in [4.78, 5) is 10.4. The standard InChI is InChI=1S/C10H12N2O3S/c13-7-11-9-2-1-3-10(6-9)16(14,15)12-8-4-5-8/h1-3,6-8,12H,4-5H2,(H,11,13). The van der Waals surface area contributed by atoms with Gasteiger partial charge in [-0.2, -0.15) is 0 Å². The number of carbonyl (C=O) groups is 1. The lowest BCUT2D eigenvalue weighted by Crippen LogP contribution is -2.25. The minimum atomic E-state index is -3.44. The molecule has 0 atom stereocenters. The highest BCUT2D eigenvalue weighted by atomic mass is 32.2. The van der Waals surface area contributed by atoms with Gasteiger partial charge in [-0.1, -0.05) is 6.07 Å². The molecule has 86 valence electrons. The molecule has 1 aliphatic carbocycles. The van der Waals surface area contributed by atoms with E-state index in [9.17, 15) is 13.2 Å². The van der Waals surface area contributed by atoms with E-state index >= 15 is 0 Å². The van der Waals surface area contributed by atoms with Gasteiger partial charge < -0.3 is 5.32 Å². The first kappa shape index (κ1) is 11.1. The monoisotopic (exact) mass is 240 g/mol. The van der Waals surface area contributed by atoms with Gasteiger partial charge >= 0.3 is 0 Å². The van der Waals surface area contributed by atoms with E-state index in [1.165, 1.54) is 12.1 Å². The number of nitrogens with one attached hydrogen (secondary N) is 2. The second-order valence-corrected chi connectivity index (χ2v) is 5.40. The number of hydrogen-bond acceptors (Lipinski definition) is 3. The lowest BCUT2D eigenvalue weighted by atomic mass is 10.3. The summed E-state index contributed by atoms with van der Waals surface area (Å²) in [5.41, 5.74) is 0.466. The van der Waals surface area contributed by atoms with Crippen molar-refractivity contribution in [3.63, 3.8) is 0 Å². The molecule has 1 fully saturated rings. The van der Waals surface area contributed by atoms with Crippen molar-refractivity contribution in [2.75, 3.05) is 5.32 Å². The Morgan fingerprint density at radius 2 is 2.06 bits per heavy atom. The molecule has 0 aliphatic heterocycles. The van der Waals surface area contributed by atoms with Crippen molar-refractivity contribution >= 4 is 22.1 Å². The van der Waals surface area contributed by atoms with Crippen LogP contribution in [0.2, 0.25) is 0 Å². The number of anilines is 1. The van der Waals surface area contributed by atoms with Gasteiger partial charge in [0, 0.05) is 11.7 Å². The molecule has 1 saturated carbocycles. The highest BCUT2D eigenvalue weighted by Gasteiger charge is 2.27. The molecular formula is C10H12N2O3S. The minimum Gasteiger partial charge on any atom is -0.329 e. The first-order valence-corrected chi connectivity index (χ1v) is 6.43. The second-order valence-electron chi connectivity index (χ2n) is 3.69. The third-order valence-electron chi connectivity index (χ3n) is 2.27. The molecular weight excluding hydrogens is 228 g/mol. The summed E-state index contributed by atoms with van der Waals surface area (Å²) in [6.07, 6.45) is 2.30. The number of carbonyl (C=O) groups excluding carboxylic acids is 1. The molecule has 1 aliphatic rings. The zero-order valence-corrected chi connectivity index (χ0v) is 9.33. The largest absolute Gasteiger partial charge is 0.329 e. The molecule has 2 N–H and O–H groups in total. The highest BCUT2D eigenvalue weighted by Crippen LogP contribution is 2.23. The van der Waals surface area contributed by atoms with Crippen LogP contribution < -0.4 is 10.0 Å². The third-order valence-corrected chi connectivity index (χ3v) is 3.79. The van der Waals surface area contributed by atoms with Gasteiger partial charge in [0.05, 0.1) is 4.90 Å². The van der Waals surface area contributed by atoms with Crippen molar-refractivity contribution in [2.24, 2.45) is 0 Å². The van der Waals surface area contributed by atoms with E-state index in [-0.39, 0.29) is 10.9 Å². The Balaban J connectivity index is 2.24. The topological polar surface area (TPSA) is 75.3 Å². The van der Waals surface area contributed by atoms with Crippen LogP contribution in [-0.4, -0.2) is 20.9 Å². The summed E-state index contributed by atoms with van der Waals surface area (Å²) in [7, 11) is -3.44. The molecule has 2 rings (SSSR count). The van der Waals surface area contributed by atoms with Gasteiger partial charge in [0.2, 0.25) is 16.4 Å². The highest BCUT2D eigenvalue weighted by molar-refractivity contribution is 7.89. The third kappa shape index (κ3) is 2.59. The molecule has 0 heterocycles. The molecule has 0 aromatic heterocycles. The fourth-order valence-electron chi connectivity index (χ4n) is 1.31. The Hall–Kier alpha value is -1.40. The molecule has 0 spiro atoms. The summed E-state index contributed by atoms with van der Waals surface area (Å²) >= 11 is 0. The molecule has 0 radical (unpaired) electrons. The van der Waals surface area contributed by atoms with Crippen LogP contribution in [0.1, 0.15) is 12.8 Å². The SMILES string of the molecule is O=CNc1cccc(S(=O)(=O)NC2CC2)c1. The fraction of sp³-hybridized carbons (Fsp3) is 0.300. The molecule has 5 nitrogen and oxygen atoms in total. The van der Waals surface area contributed by atoms with Crippen molar-refractivity contribution in [1.29, 1.82) is 0 Å². The molecule has 0 unspecified atom stereocenters. The fourth-order valence-corrected chi connectivity index (χ4v) is 2.66. The van der Waals surface area contributed by atoms with Gasteiger partial charge in [-0.3, -0.25) is 4.79 Å². The smallest absolute Gasteiger partial charge is 0.240 e. The maximum absolute atomic E-state index is 11.8. The molecule has 1 aromatic carbocycles. The normalized spacial score (nSPS) is 15.8. The van der Waals surface area contributed by atoms with Gasteiger partial charge in [-0.05, 0) is 31.0 Å². The van der Waals surface area contributed by atoms with E-state index in [1.54, 1.807) is 12.1 Å². The summed E-state index contributed by atoms with van der Waals surface area (Å²) in [6.45, 7) is 0. The average Bonchev–Trinajstić information content (AvgIpc) is 3.02. The zero-order valence-electron chi connectivity index (χ0n) is 8.51. The van der Waals surface area contributed by atoms with Gasteiger partial charge in [0.1, 0.15) is 0 Å². The van der Waals surface area contributed by atoms with E-state index in [0.29, 0.717) is 12.1 Å². The summed E-state index contributed by atoms with van der Waals surface area (Å²) in [6, 6.07) is 6.23. The van der Waals surface area contributed by atoms with Crippen molar-refractivity contribution in [3.8, 4) is 0 Å². The Labute approximate surface area is 93.9 Å². The van der Waals surface area contributed by atoms with E-state index in [2.05, 4.69) is 10.0 Å². The Bertz CT molecular complexity index is 495. The van der Waals surface area contributed by atoms with Gasteiger partial charge in [0.15, 0.2) is 0 Å². The Morgan fingerprint density at radius 3 is 2.69 bits per heavy atom. The first-order chi connectivity index (χ1) is 7.62. The summed E-state index contributed by atoms with van der Waals surface area (Å²) < 4.78 is 26.2. The van der Waals surface area contributed by atoms with Crippen molar-refractivity contribution in [1.82, 2.24) is 4.72 Å². The second kappa shape index (κ2) is 4.23. The first-order valence-electron chi connectivity index (χ1n) is 4.94. The molecule has 1 aromatic rings. The number of benzene rings is 1. The average molecular weight is 240 g/mol. The van der Waals surface area contributed by atoms with Crippen LogP contribution in [-0.2, 0) is 14.8 Å². The molecule has 1 amide bonds. The van der Waals surface area contributed by atoms with Crippen molar-refractivity contribution < 1.29 is 13.2 Å². The van der Waals surface area contributed by atoms with Crippen molar-refractivity contribution in [2.45, 2.75) is 23.8 Å². The summed E-state index contributed by atoms with van der Waals surface area (Å²) in [5.74, 6) is 0. The lowest BCUT2D eigenvalue weighted by Gasteiger charge is -2.06. The number of rotatable bonds is 5. The van der Waals surface area contributed by atoms with Gasteiger partial charge in [0.25, 0.3) is 0 Å². The predicted octanol–water partition coefficient (Wildman–Crippen LogP) is 0.696. The van der Waals surface area contributed by atoms with Gasteiger partial charge in [-0.15, -0.1) is 0 Å². The number of sulfonamides is 1. The maximum Gasteiger partial charge on any atom is 0.240 e. The van der Waals surface area contributed by atoms with Crippen LogP contribution in [0.3, 0.4) is 0 Å². The van der Waals surface area contributed by atoms with Crippen LogP contribution in [0.15, 0.2) is 29.2 Å². The Morgan fingerprint density at radius 1 is 1.31 bits per heavy atom. The predicted molar refractivity (Wildman–Crippen MR) is 59.5 cm³/mol. The van der Waals surface area contributed by atoms with E-state index in [1.807, 2.05) is 0 Å². The number of hydrogen-bond donors (Lipinski definition) is 2. The molecule has 0 bridgehead atoms. The van der Waals surface area contributed by atoms with Crippen molar-refractivity contribution in [3.05, 3.63) is 24.3 Å². The molecule has 0 saturated heterocycles. The van der Waals surface area contributed by atoms with E-state index < -0.39 is 10.0 Å². The lowest BCUT2D eigenvalue weighted by molar-refractivity contribution is -0.105. The summed E-state index contributed by atoms with van der Waals surface area (Å²) in [5, 5.41) is 2.42. The quantitative estimate of drug-likeness (QED) is 0.744. The minimum absolute atomic E-state index is 0.0766. The zero-order chi connectivity index (χ0) is 11.6. The van der Waals surface area contributed by atoms with E-state index in [4.69, 9.17) is 0 Å². The Kier molecular flexibility index (Phi) is 2.93. The van der Waals surface area contributed by atoms with Crippen LogP contribution in [0.4, 0.5) is 5.69 Å².